The smallest absolute Gasteiger partial charge is 0.148 e. The Labute approximate surface area is 108 Å². The van der Waals surface area contributed by atoms with Gasteiger partial charge in [0.1, 0.15) is 11.3 Å². The number of hydrogen-bond donors (Lipinski definition) is 0. The van der Waals surface area contributed by atoms with E-state index in [1.54, 1.807) is 0 Å². The molecule has 0 radical (unpaired) electrons. The minimum atomic E-state index is -0.568. The standard InChI is InChI=1S/C14H19N3O/c1-4-18-13-7-5-6-12(10-13)14(11-15)8-9-16(2)17(14)3/h5-7,10H,4,8-9H2,1-3H3. The highest BCUT2D eigenvalue weighted by atomic mass is 16.5. The maximum Gasteiger partial charge on any atom is 0.148 e. The zero-order chi connectivity index (χ0) is 13.2. The number of nitrogens with zero attached hydrogens (tertiary/aromatic N) is 3. The quantitative estimate of drug-likeness (QED) is 0.816. The van der Waals surface area contributed by atoms with Crippen LogP contribution in [-0.4, -0.2) is 37.3 Å². The molecule has 0 spiro atoms. The van der Waals surface area contributed by atoms with E-state index in [0.29, 0.717) is 6.61 Å². The summed E-state index contributed by atoms with van der Waals surface area (Å²) in [5, 5.41) is 13.7. The molecule has 0 amide bonds. The van der Waals surface area contributed by atoms with Crippen molar-refractivity contribution in [3.05, 3.63) is 29.8 Å². The summed E-state index contributed by atoms with van der Waals surface area (Å²) in [4.78, 5) is 0. The highest BCUT2D eigenvalue weighted by Crippen LogP contribution is 2.37. The third kappa shape index (κ3) is 1.96. The van der Waals surface area contributed by atoms with Crippen molar-refractivity contribution in [2.75, 3.05) is 27.2 Å². The molecule has 1 aromatic rings. The number of benzene rings is 1. The number of hydrogen-bond acceptors (Lipinski definition) is 4. The number of rotatable bonds is 3. The monoisotopic (exact) mass is 245 g/mol. The van der Waals surface area contributed by atoms with E-state index in [1.165, 1.54) is 0 Å². The summed E-state index contributed by atoms with van der Waals surface area (Å²) in [6.07, 6.45) is 0.812. The van der Waals surface area contributed by atoms with Gasteiger partial charge >= 0.3 is 0 Å². The van der Waals surface area contributed by atoms with E-state index in [9.17, 15) is 5.26 Å². The van der Waals surface area contributed by atoms with Gasteiger partial charge in [0.25, 0.3) is 0 Å². The minimum Gasteiger partial charge on any atom is -0.494 e. The molecule has 0 saturated carbocycles. The highest BCUT2D eigenvalue weighted by Gasteiger charge is 2.44. The SMILES string of the molecule is CCOc1cccc(C2(C#N)CCN(C)N2C)c1. The minimum absolute atomic E-state index is 0.568. The number of hydrazine groups is 1. The molecule has 1 aliphatic heterocycles. The van der Waals surface area contributed by atoms with E-state index in [-0.39, 0.29) is 0 Å². The summed E-state index contributed by atoms with van der Waals surface area (Å²) in [6.45, 7) is 3.49. The maximum atomic E-state index is 9.62. The Hall–Kier alpha value is -1.57. The Balaban J connectivity index is 2.40. The molecular weight excluding hydrogens is 226 g/mol. The van der Waals surface area contributed by atoms with Gasteiger partial charge in [0.15, 0.2) is 0 Å². The Morgan fingerprint density at radius 3 is 2.78 bits per heavy atom. The molecule has 0 aromatic heterocycles. The zero-order valence-electron chi connectivity index (χ0n) is 11.2. The van der Waals surface area contributed by atoms with Gasteiger partial charge in [-0.1, -0.05) is 12.1 Å². The van der Waals surface area contributed by atoms with Crippen molar-refractivity contribution >= 4 is 0 Å². The van der Waals surface area contributed by atoms with Crippen LogP contribution in [0, 0.1) is 11.3 Å². The number of ether oxygens (including phenoxy) is 1. The first-order valence-electron chi connectivity index (χ1n) is 6.23. The third-order valence-corrected chi connectivity index (χ3v) is 3.67. The van der Waals surface area contributed by atoms with Crippen LogP contribution < -0.4 is 4.74 Å². The molecule has 4 heteroatoms. The van der Waals surface area contributed by atoms with Gasteiger partial charge in [-0.3, -0.25) is 0 Å². The van der Waals surface area contributed by atoms with Gasteiger partial charge in [-0.2, -0.15) is 5.26 Å². The zero-order valence-corrected chi connectivity index (χ0v) is 11.2. The fourth-order valence-corrected chi connectivity index (χ4v) is 2.46. The molecule has 1 unspecified atom stereocenters. The van der Waals surface area contributed by atoms with Crippen molar-refractivity contribution in [3.63, 3.8) is 0 Å². The summed E-state index contributed by atoms with van der Waals surface area (Å²) < 4.78 is 5.52. The van der Waals surface area contributed by atoms with E-state index in [1.807, 2.05) is 50.3 Å². The van der Waals surface area contributed by atoms with Gasteiger partial charge in [-0.05, 0) is 31.0 Å². The molecule has 4 nitrogen and oxygen atoms in total. The highest BCUT2D eigenvalue weighted by molar-refractivity contribution is 5.38. The molecule has 1 fully saturated rings. The molecule has 1 heterocycles. The summed E-state index contributed by atoms with van der Waals surface area (Å²) in [5.74, 6) is 0.826. The molecule has 1 atom stereocenters. The van der Waals surface area contributed by atoms with Crippen LogP contribution in [0.5, 0.6) is 5.75 Å². The Bertz CT molecular complexity index is 468. The number of nitriles is 1. The summed E-state index contributed by atoms with van der Waals surface area (Å²) >= 11 is 0. The molecule has 1 saturated heterocycles. The molecule has 0 bridgehead atoms. The molecule has 1 aliphatic rings. The predicted molar refractivity (Wildman–Crippen MR) is 69.9 cm³/mol. The van der Waals surface area contributed by atoms with E-state index >= 15 is 0 Å². The van der Waals surface area contributed by atoms with Crippen LogP contribution in [0.1, 0.15) is 18.9 Å². The van der Waals surface area contributed by atoms with Gasteiger partial charge in [-0.15, -0.1) is 0 Å². The van der Waals surface area contributed by atoms with Crippen molar-refractivity contribution in [2.24, 2.45) is 0 Å². The van der Waals surface area contributed by atoms with Gasteiger partial charge in [0.05, 0.1) is 12.7 Å². The van der Waals surface area contributed by atoms with Crippen molar-refractivity contribution < 1.29 is 4.74 Å². The van der Waals surface area contributed by atoms with E-state index in [0.717, 1.165) is 24.3 Å². The van der Waals surface area contributed by atoms with Crippen LogP contribution in [0.2, 0.25) is 0 Å². The van der Waals surface area contributed by atoms with Gasteiger partial charge in [0.2, 0.25) is 0 Å². The maximum absolute atomic E-state index is 9.62. The van der Waals surface area contributed by atoms with E-state index in [2.05, 4.69) is 11.1 Å². The first-order chi connectivity index (χ1) is 8.64. The Morgan fingerprint density at radius 2 is 2.22 bits per heavy atom. The second-order valence-corrected chi connectivity index (χ2v) is 4.59. The van der Waals surface area contributed by atoms with Crippen molar-refractivity contribution in [1.82, 2.24) is 10.0 Å². The molecule has 0 N–H and O–H groups in total. The fourth-order valence-electron chi connectivity index (χ4n) is 2.46. The van der Waals surface area contributed by atoms with Crippen LogP contribution in [-0.2, 0) is 5.54 Å². The lowest BCUT2D eigenvalue weighted by atomic mass is 9.89. The van der Waals surface area contributed by atoms with Crippen LogP contribution in [0.15, 0.2) is 24.3 Å². The normalized spacial score (nSPS) is 25.0. The molecule has 96 valence electrons. The molecule has 1 aromatic carbocycles. The van der Waals surface area contributed by atoms with E-state index in [4.69, 9.17) is 4.74 Å². The lowest BCUT2D eigenvalue weighted by Crippen LogP contribution is -2.42. The Morgan fingerprint density at radius 1 is 1.44 bits per heavy atom. The summed E-state index contributed by atoms with van der Waals surface area (Å²) in [7, 11) is 3.97. The first kappa shape index (κ1) is 12.9. The van der Waals surface area contributed by atoms with Gasteiger partial charge in [0, 0.05) is 20.6 Å². The van der Waals surface area contributed by atoms with Crippen molar-refractivity contribution in [3.8, 4) is 11.8 Å². The van der Waals surface area contributed by atoms with Crippen LogP contribution in [0.3, 0.4) is 0 Å². The molecule has 0 aliphatic carbocycles. The average molecular weight is 245 g/mol. The average Bonchev–Trinajstić information content (AvgIpc) is 2.68. The van der Waals surface area contributed by atoms with Crippen LogP contribution >= 0.6 is 0 Å². The second kappa shape index (κ2) is 4.97. The van der Waals surface area contributed by atoms with Crippen molar-refractivity contribution in [1.29, 1.82) is 5.26 Å². The largest absolute Gasteiger partial charge is 0.494 e. The predicted octanol–water partition coefficient (Wildman–Crippen LogP) is 1.99. The lowest BCUT2D eigenvalue weighted by molar-refractivity contribution is 0.0217. The second-order valence-electron chi connectivity index (χ2n) is 4.59. The fraction of sp³-hybridized carbons (Fsp3) is 0.500. The first-order valence-corrected chi connectivity index (χ1v) is 6.23. The molecule has 2 rings (SSSR count). The molecule has 18 heavy (non-hydrogen) atoms. The Kier molecular flexibility index (Phi) is 3.55. The van der Waals surface area contributed by atoms with E-state index < -0.39 is 5.54 Å². The third-order valence-electron chi connectivity index (χ3n) is 3.67. The topological polar surface area (TPSA) is 39.5 Å². The molecular formula is C14H19N3O. The lowest BCUT2D eigenvalue weighted by Gasteiger charge is -2.32. The van der Waals surface area contributed by atoms with Crippen molar-refractivity contribution in [2.45, 2.75) is 18.9 Å². The van der Waals surface area contributed by atoms with Crippen LogP contribution in [0.25, 0.3) is 0 Å². The van der Waals surface area contributed by atoms with Crippen LogP contribution in [0.4, 0.5) is 0 Å². The summed E-state index contributed by atoms with van der Waals surface area (Å²) in [5.41, 5.74) is 0.435. The van der Waals surface area contributed by atoms with Gasteiger partial charge in [-0.25, -0.2) is 10.0 Å². The van der Waals surface area contributed by atoms with Gasteiger partial charge < -0.3 is 4.74 Å². The summed E-state index contributed by atoms with van der Waals surface area (Å²) in [6, 6.07) is 10.3.